The molecular weight excluding hydrogens is 658 g/mol. The van der Waals surface area contributed by atoms with Gasteiger partial charge in [0, 0.05) is 11.0 Å². The van der Waals surface area contributed by atoms with Crippen LogP contribution in [-0.2, 0) is 14.4 Å². The molecule has 0 heterocycles. The average Bonchev–Trinajstić information content (AvgIpc) is 3.02. The van der Waals surface area contributed by atoms with Crippen LogP contribution in [0.2, 0.25) is 5.04 Å². The highest BCUT2D eigenvalue weighted by Crippen LogP contribution is 2.38. The lowest BCUT2D eigenvalue weighted by Crippen LogP contribution is -2.68. The van der Waals surface area contributed by atoms with Gasteiger partial charge in [-0.2, -0.15) is 4.31 Å². The molecule has 0 aliphatic heterocycles. The van der Waals surface area contributed by atoms with Crippen molar-refractivity contribution < 1.29 is 12.8 Å². The molecule has 0 radical (unpaired) electrons. The second kappa shape index (κ2) is 14.9. The quantitative estimate of drug-likeness (QED) is 0.119. The molecule has 0 amide bonds. The summed E-state index contributed by atoms with van der Waals surface area (Å²) in [6, 6.07) is 36.8. The summed E-state index contributed by atoms with van der Waals surface area (Å²) in [5, 5.41) is 1.96. The molecule has 0 bridgehead atoms. The molecule has 0 fully saturated rings. The third kappa shape index (κ3) is 7.95. The van der Waals surface area contributed by atoms with E-state index in [2.05, 4.69) is 72.8 Å². The van der Waals surface area contributed by atoms with E-state index < -0.39 is 30.5 Å². The van der Waals surface area contributed by atoms with Crippen molar-refractivity contribution in [2.75, 3.05) is 6.54 Å². The molecule has 0 N–H and O–H groups in total. The summed E-state index contributed by atoms with van der Waals surface area (Å²) in [5.41, 5.74) is 1.95. The normalized spacial score (nSPS) is 14.0. The summed E-state index contributed by atoms with van der Waals surface area (Å²) in [6.45, 7) is 12.4. The molecule has 0 saturated heterocycles. The van der Waals surface area contributed by atoms with Crippen LogP contribution in [0.4, 0.5) is 0 Å². The summed E-state index contributed by atoms with van der Waals surface area (Å²) in [6.07, 6.45) is 1.36. The van der Waals surface area contributed by atoms with Crippen molar-refractivity contribution in [2.24, 2.45) is 0 Å². The highest BCUT2D eigenvalue weighted by atomic mass is 79.9. The van der Waals surface area contributed by atoms with Gasteiger partial charge in [0.15, 0.2) is 0 Å². The highest BCUT2D eigenvalue weighted by molar-refractivity contribution is 9.11. The van der Waals surface area contributed by atoms with Crippen molar-refractivity contribution in [1.82, 2.24) is 4.31 Å². The van der Waals surface area contributed by atoms with Gasteiger partial charge < -0.3 is 4.43 Å². The maximum absolute atomic E-state index is 14.5. The van der Waals surface area contributed by atoms with E-state index in [0.717, 1.165) is 21.5 Å². The first-order valence-corrected chi connectivity index (χ1v) is 19.2. The van der Waals surface area contributed by atoms with Gasteiger partial charge in [-0.15, -0.1) is 5.92 Å². The van der Waals surface area contributed by atoms with Gasteiger partial charge in [-0.3, -0.25) is 0 Å². The molecular formula is C38H42BrNO3SSi. The topological polar surface area (TPSA) is 46.6 Å². The number of aryl methyl sites for hydroxylation is 1. The fourth-order valence-electron chi connectivity index (χ4n) is 5.71. The third-order valence-electron chi connectivity index (χ3n) is 7.88. The summed E-state index contributed by atoms with van der Waals surface area (Å²) >= 11 is 3.70. The van der Waals surface area contributed by atoms with Gasteiger partial charge in [0.1, 0.15) is 6.04 Å². The minimum Gasteiger partial charge on any atom is -0.402 e. The Labute approximate surface area is 279 Å². The molecule has 0 saturated carbocycles. The largest absolute Gasteiger partial charge is 0.402 e. The van der Waals surface area contributed by atoms with Crippen LogP contribution >= 0.6 is 15.9 Å². The maximum atomic E-state index is 14.5. The van der Waals surface area contributed by atoms with Gasteiger partial charge in [-0.25, -0.2) is 8.42 Å². The fraction of sp³-hybridized carbons (Fsp3) is 0.263. The Balaban J connectivity index is 1.88. The smallest absolute Gasteiger partial charge is 0.261 e. The van der Waals surface area contributed by atoms with Crippen LogP contribution in [0.25, 0.3) is 6.08 Å². The van der Waals surface area contributed by atoms with Crippen LogP contribution in [0.1, 0.15) is 45.7 Å². The zero-order chi connectivity index (χ0) is 32.7. The van der Waals surface area contributed by atoms with E-state index >= 15 is 0 Å². The molecule has 7 heteroatoms. The number of hydrogen-bond donors (Lipinski definition) is 0. The summed E-state index contributed by atoms with van der Waals surface area (Å²) in [7, 11) is -7.01. The van der Waals surface area contributed by atoms with Gasteiger partial charge in [0.25, 0.3) is 8.32 Å². The summed E-state index contributed by atoms with van der Waals surface area (Å²) in [5.74, 6) is 6.30. The zero-order valence-electron chi connectivity index (χ0n) is 26.9. The summed E-state index contributed by atoms with van der Waals surface area (Å²) < 4.78 is 38.7. The Bertz CT molecular complexity index is 1700. The molecule has 4 rings (SSSR count). The Morgan fingerprint density at radius 3 is 1.82 bits per heavy atom. The lowest BCUT2D eigenvalue weighted by atomic mass is 10.2. The Morgan fingerprint density at radius 1 is 0.867 bits per heavy atom. The first-order valence-electron chi connectivity index (χ1n) is 15.1. The van der Waals surface area contributed by atoms with Gasteiger partial charge in [-0.05, 0) is 60.0 Å². The molecule has 0 aliphatic carbocycles. The minimum absolute atomic E-state index is 0.0822. The molecule has 0 aliphatic rings. The van der Waals surface area contributed by atoms with E-state index in [-0.39, 0.29) is 16.5 Å². The highest BCUT2D eigenvalue weighted by Gasteiger charge is 2.52. The van der Waals surface area contributed by atoms with Gasteiger partial charge in [0.05, 0.1) is 11.0 Å². The van der Waals surface area contributed by atoms with E-state index in [4.69, 9.17) is 4.43 Å². The van der Waals surface area contributed by atoms with Crippen molar-refractivity contribution >= 4 is 50.7 Å². The molecule has 0 unspecified atom stereocenters. The van der Waals surface area contributed by atoms with Crippen LogP contribution in [0.5, 0.6) is 0 Å². The molecule has 2 atom stereocenters. The zero-order valence-corrected chi connectivity index (χ0v) is 30.3. The standard InChI is InChI=1S/C38H42BrNO3SSi/c1-7-17-37(31(3)43-45(38(4,5)6,35-20-13-9-14-21-35)36-22-15-10-16-23-36)40(29-33(39)28-32-18-11-8-12-19-32)44(41,42)34-26-24-30(2)25-27-34/h8-16,18-28,31,37H,29H2,1-6H3/b33-28-/t31-,37-/m0/s1. The lowest BCUT2D eigenvalue weighted by molar-refractivity contribution is 0.149. The van der Waals surface area contributed by atoms with E-state index in [1.54, 1.807) is 19.1 Å². The maximum Gasteiger partial charge on any atom is 0.261 e. The van der Waals surface area contributed by atoms with E-state index in [9.17, 15) is 8.42 Å². The second-order valence-corrected chi connectivity index (χ2v) is 19.4. The van der Waals surface area contributed by atoms with Crippen molar-refractivity contribution in [1.29, 1.82) is 0 Å². The molecule has 0 aromatic heterocycles. The van der Waals surface area contributed by atoms with Crippen molar-refractivity contribution in [3.05, 3.63) is 131 Å². The minimum atomic E-state index is -4.00. The Hall–Kier alpha value is -3.25. The third-order valence-corrected chi connectivity index (χ3v) is 15.3. The molecule has 4 aromatic rings. The number of rotatable bonds is 11. The van der Waals surface area contributed by atoms with Crippen molar-refractivity contribution in [3.8, 4) is 11.8 Å². The molecule has 4 aromatic carbocycles. The number of sulfonamides is 1. The van der Waals surface area contributed by atoms with Crippen molar-refractivity contribution in [2.45, 2.75) is 63.6 Å². The van der Waals surface area contributed by atoms with E-state index in [1.165, 1.54) is 4.31 Å². The van der Waals surface area contributed by atoms with Crippen LogP contribution in [-0.4, -0.2) is 39.7 Å². The first-order chi connectivity index (χ1) is 21.4. The monoisotopic (exact) mass is 699 g/mol. The number of halogens is 1. The second-order valence-electron chi connectivity index (χ2n) is 12.2. The fourth-order valence-corrected chi connectivity index (χ4v) is 12.7. The Morgan fingerprint density at radius 2 is 1.36 bits per heavy atom. The van der Waals surface area contributed by atoms with Crippen LogP contribution in [0.15, 0.2) is 125 Å². The van der Waals surface area contributed by atoms with E-state index in [1.807, 2.05) is 98.8 Å². The van der Waals surface area contributed by atoms with Crippen LogP contribution < -0.4 is 10.4 Å². The van der Waals surface area contributed by atoms with E-state index in [0.29, 0.717) is 4.48 Å². The average molecular weight is 701 g/mol. The van der Waals surface area contributed by atoms with Crippen LogP contribution in [0.3, 0.4) is 0 Å². The van der Waals surface area contributed by atoms with Gasteiger partial charge in [-0.1, -0.05) is 151 Å². The predicted octanol–water partition coefficient (Wildman–Crippen LogP) is 7.78. The molecule has 0 spiro atoms. The molecule has 234 valence electrons. The Kier molecular flexibility index (Phi) is 11.5. The number of nitrogens with zero attached hydrogens (tertiary/aromatic N) is 1. The van der Waals surface area contributed by atoms with Crippen molar-refractivity contribution in [3.63, 3.8) is 0 Å². The number of hydrogen-bond acceptors (Lipinski definition) is 3. The lowest BCUT2D eigenvalue weighted by Gasteiger charge is -2.46. The molecule has 4 nitrogen and oxygen atoms in total. The van der Waals surface area contributed by atoms with Gasteiger partial charge in [0.2, 0.25) is 10.0 Å². The predicted molar refractivity (Wildman–Crippen MR) is 194 cm³/mol. The SMILES string of the molecule is CC#C[C@@H]([C@H](C)O[Si](c1ccccc1)(c1ccccc1)C(C)(C)C)N(C/C(Br)=C/c1ccccc1)S(=O)(=O)c1ccc(C)cc1. The van der Waals surface area contributed by atoms with Gasteiger partial charge >= 0.3 is 0 Å². The van der Waals surface area contributed by atoms with Crippen LogP contribution in [0, 0.1) is 18.8 Å². The first kappa shape index (κ1) is 34.6. The summed E-state index contributed by atoms with van der Waals surface area (Å²) in [4.78, 5) is 0.216. The molecule has 45 heavy (non-hydrogen) atoms. The number of benzene rings is 4.